The van der Waals surface area contributed by atoms with E-state index in [1.807, 2.05) is 67.6 Å². The number of alkyl carbamates (subject to hydrolysis) is 2. The van der Waals surface area contributed by atoms with Gasteiger partial charge in [0.2, 0.25) is 0 Å². The Morgan fingerprint density at radius 3 is 1.97 bits per heavy atom. The van der Waals surface area contributed by atoms with Gasteiger partial charge < -0.3 is 24.9 Å². The number of hydroxylamine groups is 1. The Bertz CT molecular complexity index is 986. The van der Waals surface area contributed by atoms with Crippen LogP contribution in [0.2, 0.25) is 0 Å². The van der Waals surface area contributed by atoms with Gasteiger partial charge in [0.25, 0.3) is 5.91 Å². The number of unbranched alkanes of at least 4 members (excludes halogenated alkanes) is 3. The topological polar surface area (TPSA) is 132 Å². The molecule has 0 aliphatic rings. The van der Waals surface area contributed by atoms with Crippen LogP contribution < -0.4 is 16.1 Å². The van der Waals surface area contributed by atoms with Gasteiger partial charge in [-0.1, -0.05) is 80.4 Å². The third-order valence-electron chi connectivity index (χ3n) is 5.47. The summed E-state index contributed by atoms with van der Waals surface area (Å²) in [6, 6.07) is 17.5. The van der Waals surface area contributed by atoms with E-state index in [0.717, 1.165) is 24.0 Å². The van der Waals surface area contributed by atoms with E-state index >= 15 is 0 Å². The third kappa shape index (κ3) is 13.3. The molecular weight excluding hydrogens is 490 g/mol. The number of rotatable bonds is 15. The van der Waals surface area contributed by atoms with Crippen molar-refractivity contribution in [2.75, 3.05) is 6.54 Å². The molecule has 0 heterocycles. The maximum absolute atomic E-state index is 12.6. The molecule has 0 aliphatic carbocycles. The molecule has 2 aromatic carbocycles. The molecule has 10 heteroatoms. The lowest BCUT2D eigenvalue weighted by atomic mass is 10.1. The molecule has 0 aliphatic heterocycles. The molecule has 3 amide bonds. The van der Waals surface area contributed by atoms with Crippen LogP contribution in [0.3, 0.4) is 0 Å². The highest BCUT2D eigenvalue weighted by atomic mass is 16.7. The Balaban J connectivity index is 1.76. The van der Waals surface area contributed by atoms with Crippen LogP contribution in [-0.4, -0.2) is 36.6 Å². The first-order valence-electron chi connectivity index (χ1n) is 12.9. The van der Waals surface area contributed by atoms with Crippen LogP contribution in [0.1, 0.15) is 63.0 Å². The molecule has 0 bridgehead atoms. The van der Waals surface area contributed by atoms with Crippen LogP contribution >= 0.6 is 0 Å². The van der Waals surface area contributed by atoms with E-state index in [1.54, 1.807) is 0 Å². The quantitative estimate of drug-likeness (QED) is 0.176. The minimum Gasteiger partial charge on any atom is -0.445 e. The largest absolute Gasteiger partial charge is 0.445 e. The second-order valence-electron chi connectivity index (χ2n) is 8.64. The molecule has 2 rings (SSSR count). The first-order chi connectivity index (χ1) is 18.5. The molecule has 1 atom stereocenters. The molecule has 0 spiro atoms. The molecule has 38 heavy (non-hydrogen) atoms. The predicted octanol–water partition coefficient (Wildman–Crippen LogP) is 4.53. The van der Waals surface area contributed by atoms with Crippen LogP contribution in [0, 0.1) is 0 Å². The van der Waals surface area contributed by atoms with E-state index in [-0.39, 0.29) is 26.1 Å². The first-order valence-corrected chi connectivity index (χ1v) is 12.9. The van der Waals surface area contributed by atoms with Gasteiger partial charge in [-0.2, -0.15) is 5.48 Å². The van der Waals surface area contributed by atoms with E-state index in [9.17, 15) is 19.2 Å². The van der Waals surface area contributed by atoms with Crippen molar-refractivity contribution in [1.82, 2.24) is 16.1 Å². The Morgan fingerprint density at radius 2 is 1.37 bits per heavy atom. The molecule has 0 aromatic heterocycles. The van der Waals surface area contributed by atoms with E-state index < -0.39 is 30.1 Å². The van der Waals surface area contributed by atoms with Gasteiger partial charge in [0, 0.05) is 13.0 Å². The number of hydrogen-bond donors (Lipinski definition) is 3. The molecule has 1 unspecified atom stereocenters. The van der Waals surface area contributed by atoms with Crippen molar-refractivity contribution in [3.63, 3.8) is 0 Å². The van der Waals surface area contributed by atoms with Crippen LogP contribution in [-0.2, 0) is 37.1 Å². The van der Waals surface area contributed by atoms with Gasteiger partial charge >= 0.3 is 18.2 Å². The highest BCUT2D eigenvalue weighted by Gasteiger charge is 2.22. The van der Waals surface area contributed by atoms with Crippen LogP contribution in [0.25, 0.3) is 0 Å². The predicted molar refractivity (Wildman–Crippen MR) is 140 cm³/mol. The normalized spacial score (nSPS) is 11.1. The van der Waals surface area contributed by atoms with Gasteiger partial charge in [-0.05, 0) is 36.8 Å². The molecular formula is C28H37N3O7. The highest BCUT2D eigenvalue weighted by molar-refractivity contribution is 5.86. The summed E-state index contributed by atoms with van der Waals surface area (Å²) in [4.78, 5) is 53.5. The Hall–Kier alpha value is -4.08. The van der Waals surface area contributed by atoms with Crippen molar-refractivity contribution in [1.29, 1.82) is 0 Å². The SMILES string of the molecule is CCCCCC(=O)ONC(=O)C(CCCCNC(=O)OCc1ccccc1)NC(=O)OCc1ccccc1. The maximum Gasteiger partial charge on any atom is 0.408 e. The third-order valence-corrected chi connectivity index (χ3v) is 5.47. The Labute approximate surface area is 223 Å². The first kappa shape index (κ1) is 30.1. The van der Waals surface area contributed by atoms with Gasteiger partial charge in [-0.3, -0.25) is 4.79 Å². The number of hydrogen-bond acceptors (Lipinski definition) is 7. The van der Waals surface area contributed by atoms with E-state index in [4.69, 9.17) is 14.3 Å². The van der Waals surface area contributed by atoms with Gasteiger partial charge in [-0.25, -0.2) is 14.4 Å². The van der Waals surface area contributed by atoms with Crippen molar-refractivity contribution >= 4 is 24.1 Å². The number of carbonyl (C=O) groups excluding carboxylic acids is 4. The summed E-state index contributed by atoms with van der Waals surface area (Å²) in [6.07, 6.45) is 2.64. The molecule has 0 fully saturated rings. The Kier molecular flexibility index (Phi) is 14.4. The summed E-state index contributed by atoms with van der Waals surface area (Å²) in [7, 11) is 0. The van der Waals surface area contributed by atoms with Crippen LogP contribution in [0.4, 0.5) is 9.59 Å². The average molecular weight is 528 g/mol. The zero-order valence-electron chi connectivity index (χ0n) is 21.8. The molecule has 0 saturated carbocycles. The fourth-order valence-electron chi connectivity index (χ4n) is 3.36. The lowest BCUT2D eigenvalue weighted by Gasteiger charge is -2.18. The zero-order chi connectivity index (χ0) is 27.4. The fraction of sp³-hybridized carbons (Fsp3) is 0.429. The number of ether oxygens (including phenoxy) is 2. The van der Waals surface area contributed by atoms with Crippen molar-refractivity contribution in [3.05, 3.63) is 71.8 Å². The second-order valence-corrected chi connectivity index (χ2v) is 8.64. The lowest BCUT2D eigenvalue weighted by molar-refractivity contribution is -0.159. The standard InChI is InChI=1S/C28H37N3O7/c1-2-3-6-18-25(32)38-31-26(33)24(30-28(35)37-21-23-15-9-5-10-16-23)17-11-12-19-29-27(34)36-20-22-13-7-4-8-14-22/h4-5,7-10,13-16,24H,2-3,6,11-12,17-21H2,1H3,(H,29,34)(H,30,35)(H,31,33). The van der Waals surface area contributed by atoms with E-state index in [1.165, 1.54) is 0 Å². The maximum atomic E-state index is 12.6. The van der Waals surface area contributed by atoms with Gasteiger partial charge in [-0.15, -0.1) is 0 Å². The summed E-state index contributed by atoms with van der Waals surface area (Å²) >= 11 is 0. The number of amides is 3. The monoisotopic (exact) mass is 527 g/mol. The molecule has 0 saturated heterocycles. The van der Waals surface area contributed by atoms with Gasteiger partial charge in [0.15, 0.2) is 0 Å². The summed E-state index contributed by atoms with van der Waals surface area (Å²) in [5.74, 6) is -1.21. The molecule has 206 valence electrons. The Morgan fingerprint density at radius 1 is 0.763 bits per heavy atom. The highest BCUT2D eigenvalue weighted by Crippen LogP contribution is 2.06. The van der Waals surface area contributed by atoms with Gasteiger partial charge in [0.05, 0.1) is 0 Å². The van der Waals surface area contributed by atoms with Crippen molar-refractivity contribution in [2.45, 2.75) is 71.1 Å². The minimum atomic E-state index is -0.994. The van der Waals surface area contributed by atoms with E-state index in [2.05, 4.69) is 16.1 Å². The summed E-state index contributed by atoms with van der Waals surface area (Å²) in [6.45, 7) is 2.56. The lowest BCUT2D eigenvalue weighted by Crippen LogP contribution is -2.47. The number of nitrogens with one attached hydrogen (secondary N) is 3. The van der Waals surface area contributed by atoms with Crippen LogP contribution in [0.15, 0.2) is 60.7 Å². The zero-order valence-corrected chi connectivity index (χ0v) is 21.8. The van der Waals surface area contributed by atoms with Crippen LogP contribution in [0.5, 0.6) is 0 Å². The summed E-state index contributed by atoms with van der Waals surface area (Å²) in [5.41, 5.74) is 3.81. The molecule has 10 nitrogen and oxygen atoms in total. The molecule has 3 N–H and O–H groups in total. The smallest absolute Gasteiger partial charge is 0.408 e. The fourth-order valence-corrected chi connectivity index (χ4v) is 3.36. The van der Waals surface area contributed by atoms with E-state index in [0.29, 0.717) is 25.8 Å². The van der Waals surface area contributed by atoms with Gasteiger partial charge in [0.1, 0.15) is 19.3 Å². The molecule has 2 aromatic rings. The average Bonchev–Trinajstić information content (AvgIpc) is 2.94. The summed E-state index contributed by atoms with van der Waals surface area (Å²) in [5, 5.41) is 5.18. The number of benzene rings is 2. The minimum absolute atomic E-state index is 0.0441. The second kappa shape index (κ2) is 18.2. The molecule has 0 radical (unpaired) electrons. The van der Waals surface area contributed by atoms with Crippen molar-refractivity contribution < 1.29 is 33.5 Å². The number of carbonyl (C=O) groups is 4. The summed E-state index contributed by atoms with van der Waals surface area (Å²) < 4.78 is 10.4. The van der Waals surface area contributed by atoms with Crippen molar-refractivity contribution in [2.24, 2.45) is 0 Å². The van der Waals surface area contributed by atoms with Crippen molar-refractivity contribution in [3.8, 4) is 0 Å².